The number of esters is 1. The molecule has 1 unspecified atom stereocenters. The molecule has 5 nitrogen and oxygen atoms in total. The van der Waals surface area contributed by atoms with Crippen molar-refractivity contribution in [2.75, 3.05) is 13.7 Å². The average molecular weight is 383 g/mol. The van der Waals surface area contributed by atoms with Crippen molar-refractivity contribution >= 4 is 16.0 Å². The van der Waals surface area contributed by atoms with Gasteiger partial charge in [0.1, 0.15) is 0 Å². The number of hydrogen-bond acceptors (Lipinski definition) is 4. The number of carbonyl (C=O) groups is 1. The van der Waals surface area contributed by atoms with E-state index in [1.807, 2.05) is 25.1 Å². The van der Waals surface area contributed by atoms with Crippen LogP contribution < -0.4 is 0 Å². The molecule has 0 radical (unpaired) electrons. The maximum absolute atomic E-state index is 13.4. The van der Waals surface area contributed by atoms with E-state index in [1.54, 1.807) is 42.5 Å². The molecular weight excluding hydrogens is 362 g/mol. The lowest BCUT2D eigenvalue weighted by Gasteiger charge is -2.35. The Hall–Kier alpha value is -2.70. The van der Waals surface area contributed by atoms with Crippen molar-refractivity contribution in [1.29, 1.82) is 0 Å². The SMILES string of the molecule is C=C1C=C(C(=O)OC)C(c2ccccc2)N(S(=O)(=O)c2ccc(C)cc2)C1. The van der Waals surface area contributed by atoms with Gasteiger partial charge in [-0.3, -0.25) is 0 Å². The van der Waals surface area contributed by atoms with Crippen molar-refractivity contribution in [3.63, 3.8) is 0 Å². The van der Waals surface area contributed by atoms with E-state index < -0.39 is 22.0 Å². The summed E-state index contributed by atoms with van der Waals surface area (Å²) in [6.45, 7) is 5.88. The first-order valence-electron chi connectivity index (χ1n) is 8.45. The lowest BCUT2D eigenvalue weighted by Crippen LogP contribution is -2.41. The van der Waals surface area contributed by atoms with Crippen LogP contribution in [0.15, 0.2) is 83.3 Å². The lowest BCUT2D eigenvalue weighted by molar-refractivity contribution is -0.136. The Kier molecular flexibility index (Phi) is 5.30. The monoisotopic (exact) mass is 383 g/mol. The van der Waals surface area contributed by atoms with Gasteiger partial charge < -0.3 is 4.74 Å². The Morgan fingerprint density at radius 3 is 2.33 bits per heavy atom. The highest BCUT2D eigenvalue weighted by Gasteiger charge is 2.40. The van der Waals surface area contributed by atoms with Gasteiger partial charge >= 0.3 is 5.97 Å². The number of rotatable bonds is 4. The molecule has 1 heterocycles. The Morgan fingerprint density at radius 2 is 1.74 bits per heavy atom. The largest absolute Gasteiger partial charge is 0.466 e. The van der Waals surface area contributed by atoms with Crippen molar-refractivity contribution in [2.45, 2.75) is 17.9 Å². The third-order valence-electron chi connectivity index (χ3n) is 4.47. The average Bonchev–Trinajstić information content (AvgIpc) is 2.67. The van der Waals surface area contributed by atoms with Crippen LogP contribution in [0.1, 0.15) is 17.2 Å². The zero-order valence-electron chi connectivity index (χ0n) is 15.3. The molecule has 0 saturated heterocycles. The van der Waals surface area contributed by atoms with Gasteiger partial charge in [0, 0.05) is 6.54 Å². The van der Waals surface area contributed by atoms with E-state index in [0.29, 0.717) is 11.1 Å². The summed E-state index contributed by atoms with van der Waals surface area (Å²) in [5, 5.41) is 0. The third kappa shape index (κ3) is 3.72. The molecule has 0 saturated carbocycles. The van der Waals surface area contributed by atoms with Gasteiger partial charge in [0.2, 0.25) is 10.0 Å². The maximum atomic E-state index is 13.4. The molecule has 27 heavy (non-hydrogen) atoms. The van der Waals surface area contributed by atoms with Gasteiger partial charge in [0.15, 0.2) is 0 Å². The first kappa shape index (κ1) is 19.1. The molecule has 0 spiro atoms. The molecule has 0 bridgehead atoms. The summed E-state index contributed by atoms with van der Waals surface area (Å²) < 4.78 is 33.0. The smallest absolute Gasteiger partial charge is 0.335 e. The fraction of sp³-hybridized carbons (Fsp3) is 0.190. The highest BCUT2D eigenvalue weighted by Crippen LogP contribution is 2.38. The highest BCUT2D eigenvalue weighted by molar-refractivity contribution is 7.89. The molecule has 0 amide bonds. The van der Waals surface area contributed by atoms with E-state index in [0.717, 1.165) is 5.56 Å². The van der Waals surface area contributed by atoms with Crippen LogP contribution in [0.5, 0.6) is 0 Å². The van der Waals surface area contributed by atoms with Crippen LogP contribution in [-0.4, -0.2) is 32.3 Å². The molecular formula is C21H21NO4S. The topological polar surface area (TPSA) is 63.7 Å². The second kappa shape index (κ2) is 7.50. The quantitative estimate of drug-likeness (QED) is 0.759. The van der Waals surface area contributed by atoms with Crippen LogP contribution in [0, 0.1) is 6.92 Å². The van der Waals surface area contributed by atoms with Crippen molar-refractivity contribution < 1.29 is 17.9 Å². The zero-order valence-corrected chi connectivity index (χ0v) is 16.1. The fourth-order valence-corrected chi connectivity index (χ4v) is 4.73. The van der Waals surface area contributed by atoms with Crippen LogP contribution in [-0.2, 0) is 19.6 Å². The number of hydrogen-bond donors (Lipinski definition) is 0. The number of methoxy groups -OCH3 is 1. The molecule has 0 fully saturated rings. The van der Waals surface area contributed by atoms with Gasteiger partial charge in [0.05, 0.1) is 23.6 Å². The second-order valence-corrected chi connectivity index (χ2v) is 8.32. The summed E-state index contributed by atoms with van der Waals surface area (Å²) in [4.78, 5) is 12.6. The number of aryl methyl sites for hydroxylation is 1. The third-order valence-corrected chi connectivity index (χ3v) is 6.29. The molecule has 2 aromatic carbocycles. The van der Waals surface area contributed by atoms with Gasteiger partial charge in [-0.1, -0.05) is 54.6 Å². The first-order chi connectivity index (χ1) is 12.8. The standard InChI is InChI=1S/C21H21NO4S/c1-15-9-11-18(12-10-15)27(24,25)22-14-16(2)13-19(21(23)26-3)20(22)17-7-5-4-6-8-17/h4-13,20H,2,14H2,1,3H3. The van der Waals surface area contributed by atoms with Gasteiger partial charge in [-0.25, -0.2) is 13.2 Å². The maximum Gasteiger partial charge on any atom is 0.335 e. The Morgan fingerprint density at radius 1 is 1.11 bits per heavy atom. The van der Waals surface area contributed by atoms with Crippen LogP contribution in [0.2, 0.25) is 0 Å². The minimum absolute atomic E-state index is 0.0935. The molecule has 1 aliphatic heterocycles. The normalized spacial score (nSPS) is 18.1. The number of sulfonamides is 1. The Balaban J connectivity index is 2.17. The van der Waals surface area contributed by atoms with Crippen LogP contribution in [0.4, 0.5) is 0 Å². The predicted molar refractivity (Wildman–Crippen MR) is 103 cm³/mol. The summed E-state index contributed by atoms with van der Waals surface area (Å²) in [7, 11) is -2.58. The Labute approximate surface area is 159 Å². The van der Waals surface area contributed by atoms with Gasteiger partial charge in [-0.05, 0) is 36.3 Å². The molecule has 2 aromatic rings. The summed E-state index contributed by atoms with van der Waals surface area (Å²) in [6.07, 6.45) is 1.62. The summed E-state index contributed by atoms with van der Waals surface area (Å²) in [6, 6.07) is 14.9. The number of carbonyl (C=O) groups excluding carboxylic acids is 1. The molecule has 0 aromatic heterocycles. The van der Waals surface area contributed by atoms with E-state index in [2.05, 4.69) is 6.58 Å². The van der Waals surface area contributed by atoms with E-state index in [-0.39, 0.29) is 17.0 Å². The minimum atomic E-state index is -3.86. The molecule has 140 valence electrons. The van der Waals surface area contributed by atoms with Crippen LogP contribution in [0.3, 0.4) is 0 Å². The van der Waals surface area contributed by atoms with Gasteiger partial charge in [-0.2, -0.15) is 4.31 Å². The molecule has 0 aliphatic carbocycles. The molecule has 6 heteroatoms. The molecule has 1 atom stereocenters. The summed E-state index contributed by atoms with van der Waals surface area (Å²) >= 11 is 0. The van der Waals surface area contributed by atoms with E-state index >= 15 is 0 Å². The fourth-order valence-electron chi connectivity index (χ4n) is 3.13. The second-order valence-electron chi connectivity index (χ2n) is 6.43. The minimum Gasteiger partial charge on any atom is -0.466 e. The first-order valence-corrected chi connectivity index (χ1v) is 9.89. The summed E-state index contributed by atoms with van der Waals surface area (Å²) in [5.41, 5.74) is 2.43. The van der Waals surface area contributed by atoms with Crippen molar-refractivity contribution in [1.82, 2.24) is 4.31 Å². The number of ether oxygens (including phenoxy) is 1. The van der Waals surface area contributed by atoms with Gasteiger partial charge in [-0.15, -0.1) is 0 Å². The van der Waals surface area contributed by atoms with E-state index in [9.17, 15) is 13.2 Å². The zero-order chi connectivity index (χ0) is 19.6. The van der Waals surface area contributed by atoms with Crippen molar-refractivity contribution in [3.05, 3.63) is 89.5 Å². The molecule has 3 rings (SSSR count). The number of benzene rings is 2. The van der Waals surface area contributed by atoms with Gasteiger partial charge in [0.25, 0.3) is 0 Å². The van der Waals surface area contributed by atoms with Crippen molar-refractivity contribution in [2.24, 2.45) is 0 Å². The van der Waals surface area contributed by atoms with Crippen LogP contribution in [0.25, 0.3) is 0 Å². The highest BCUT2D eigenvalue weighted by atomic mass is 32.2. The Bertz CT molecular complexity index is 992. The predicted octanol–water partition coefficient (Wildman–Crippen LogP) is 3.40. The van der Waals surface area contributed by atoms with E-state index in [4.69, 9.17) is 4.74 Å². The van der Waals surface area contributed by atoms with Crippen molar-refractivity contribution in [3.8, 4) is 0 Å². The van der Waals surface area contributed by atoms with E-state index in [1.165, 1.54) is 11.4 Å². The summed E-state index contributed by atoms with van der Waals surface area (Å²) in [5.74, 6) is -0.575. The van der Waals surface area contributed by atoms with Crippen LogP contribution >= 0.6 is 0 Å². The molecule has 1 aliphatic rings. The number of nitrogens with zero attached hydrogens (tertiary/aromatic N) is 1. The molecule has 0 N–H and O–H groups in total. The lowest BCUT2D eigenvalue weighted by atomic mass is 9.93.